The lowest BCUT2D eigenvalue weighted by molar-refractivity contribution is -0.140. The van der Waals surface area contributed by atoms with Crippen molar-refractivity contribution in [3.8, 4) is 12.3 Å². The number of terminal acetylenes is 1. The summed E-state index contributed by atoms with van der Waals surface area (Å²) in [5.41, 5.74) is -0.832. The summed E-state index contributed by atoms with van der Waals surface area (Å²) in [5, 5.41) is 3.13. The van der Waals surface area contributed by atoms with Crippen LogP contribution in [0, 0.1) is 18.2 Å². The van der Waals surface area contributed by atoms with Crippen molar-refractivity contribution < 1.29 is 17.6 Å². The predicted molar refractivity (Wildman–Crippen MR) is 70.5 cm³/mol. The van der Waals surface area contributed by atoms with Gasteiger partial charge in [-0.3, -0.25) is 0 Å². The summed E-state index contributed by atoms with van der Waals surface area (Å²) < 4.78 is 51.4. The number of nitrogens with one attached hydrogen (secondary N) is 1. The molecule has 1 atom stereocenters. The molecule has 0 aliphatic rings. The van der Waals surface area contributed by atoms with Gasteiger partial charge in [-0.25, -0.2) is 4.39 Å². The summed E-state index contributed by atoms with van der Waals surface area (Å²) >= 11 is 0. The Kier molecular flexibility index (Phi) is 6.03. The Bertz CT molecular complexity index is 474. The van der Waals surface area contributed by atoms with E-state index in [-0.39, 0.29) is 6.04 Å². The fraction of sp³-hybridized carbons (Fsp3) is 0.467. The Balaban J connectivity index is 3.04. The zero-order valence-corrected chi connectivity index (χ0v) is 11.2. The van der Waals surface area contributed by atoms with Gasteiger partial charge in [0.1, 0.15) is 5.82 Å². The average Bonchev–Trinajstić information content (AvgIpc) is 2.38. The van der Waals surface area contributed by atoms with Crippen molar-refractivity contribution in [3.63, 3.8) is 0 Å². The maximum atomic E-state index is 13.3. The fourth-order valence-corrected chi connectivity index (χ4v) is 1.91. The van der Waals surface area contributed by atoms with E-state index in [1.807, 2.05) is 6.92 Å². The molecule has 20 heavy (non-hydrogen) atoms. The van der Waals surface area contributed by atoms with Gasteiger partial charge in [0.05, 0.1) is 5.56 Å². The molecular weight excluding hydrogens is 270 g/mol. The van der Waals surface area contributed by atoms with Gasteiger partial charge in [0.15, 0.2) is 0 Å². The van der Waals surface area contributed by atoms with E-state index in [9.17, 15) is 17.6 Å². The van der Waals surface area contributed by atoms with Crippen LogP contribution in [0.25, 0.3) is 0 Å². The van der Waals surface area contributed by atoms with Crippen molar-refractivity contribution in [2.24, 2.45) is 0 Å². The van der Waals surface area contributed by atoms with E-state index in [1.54, 1.807) is 0 Å². The van der Waals surface area contributed by atoms with E-state index >= 15 is 0 Å². The molecule has 0 saturated carbocycles. The third-order valence-corrected chi connectivity index (χ3v) is 2.92. The van der Waals surface area contributed by atoms with Gasteiger partial charge < -0.3 is 5.32 Å². The van der Waals surface area contributed by atoms with E-state index in [4.69, 9.17) is 6.42 Å². The molecule has 1 nitrogen and oxygen atoms in total. The third-order valence-electron chi connectivity index (χ3n) is 2.92. The molecule has 1 aromatic carbocycles. The number of rotatable bonds is 6. The molecule has 1 unspecified atom stereocenters. The summed E-state index contributed by atoms with van der Waals surface area (Å²) in [7, 11) is 0. The Morgan fingerprint density at radius 1 is 1.35 bits per heavy atom. The molecule has 110 valence electrons. The highest BCUT2D eigenvalue weighted by Gasteiger charge is 2.34. The van der Waals surface area contributed by atoms with E-state index in [0.717, 1.165) is 18.6 Å². The number of hydrogen-bond donors (Lipinski definition) is 1. The summed E-state index contributed by atoms with van der Waals surface area (Å²) in [6.07, 6.45) is 2.30. The van der Waals surface area contributed by atoms with Gasteiger partial charge in [0, 0.05) is 12.5 Å². The van der Waals surface area contributed by atoms with E-state index < -0.39 is 17.6 Å². The van der Waals surface area contributed by atoms with Crippen LogP contribution < -0.4 is 5.32 Å². The van der Waals surface area contributed by atoms with Crippen LogP contribution in [0.1, 0.15) is 43.4 Å². The van der Waals surface area contributed by atoms with Crippen LogP contribution in [0.4, 0.5) is 17.6 Å². The number of benzene rings is 1. The fourth-order valence-electron chi connectivity index (χ4n) is 1.91. The van der Waals surface area contributed by atoms with Gasteiger partial charge >= 0.3 is 6.18 Å². The highest BCUT2D eigenvalue weighted by molar-refractivity contribution is 5.29. The lowest BCUT2D eigenvalue weighted by atomic mass is 9.99. The van der Waals surface area contributed by atoms with Gasteiger partial charge in [-0.05, 0) is 37.1 Å². The SMILES string of the molecule is C#CCCC(NCCC)c1ccc(F)c(C(F)(F)F)c1. The monoisotopic (exact) mass is 287 g/mol. The van der Waals surface area contributed by atoms with Crippen molar-refractivity contribution in [1.82, 2.24) is 5.32 Å². The minimum absolute atomic E-state index is 0.298. The first kappa shape index (κ1) is 16.5. The summed E-state index contributed by atoms with van der Waals surface area (Å²) in [6, 6.07) is 2.79. The molecule has 0 spiro atoms. The number of halogens is 4. The quantitative estimate of drug-likeness (QED) is 0.607. The second kappa shape index (κ2) is 7.30. The van der Waals surface area contributed by atoms with Gasteiger partial charge in [0.2, 0.25) is 0 Å². The van der Waals surface area contributed by atoms with Crippen LogP contribution in [0.15, 0.2) is 18.2 Å². The standard InChI is InChI=1S/C15H17F4N/c1-3-5-6-14(20-9-4-2)11-7-8-13(16)12(10-11)15(17,18)19/h1,7-8,10,14,20H,4-6,9H2,2H3. The van der Waals surface area contributed by atoms with E-state index in [0.29, 0.717) is 24.9 Å². The largest absolute Gasteiger partial charge is 0.419 e. The molecule has 0 amide bonds. The number of hydrogen-bond acceptors (Lipinski definition) is 1. The van der Waals surface area contributed by atoms with Crippen LogP contribution in [0.3, 0.4) is 0 Å². The highest BCUT2D eigenvalue weighted by atomic mass is 19.4. The highest BCUT2D eigenvalue weighted by Crippen LogP contribution is 2.33. The van der Waals surface area contributed by atoms with Crippen molar-refractivity contribution in [1.29, 1.82) is 0 Å². The lowest BCUT2D eigenvalue weighted by Crippen LogP contribution is -2.23. The van der Waals surface area contributed by atoms with Crippen LogP contribution in [0.2, 0.25) is 0 Å². The molecule has 0 fully saturated rings. The summed E-state index contributed by atoms with van der Waals surface area (Å²) in [6.45, 7) is 2.62. The van der Waals surface area contributed by atoms with Crippen molar-refractivity contribution in [2.75, 3.05) is 6.54 Å². The van der Waals surface area contributed by atoms with Gasteiger partial charge in [-0.1, -0.05) is 13.0 Å². The Morgan fingerprint density at radius 2 is 2.05 bits per heavy atom. The zero-order valence-electron chi connectivity index (χ0n) is 11.2. The smallest absolute Gasteiger partial charge is 0.310 e. The molecule has 0 aliphatic heterocycles. The minimum Gasteiger partial charge on any atom is -0.310 e. The maximum absolute atomic E-state index is 13.3. The summed E-state index contributed by atoms with van der Waals surface area (Å²) in [4.78, 5) is 0. The second-order valence-corrected chi connectivity index (χ2v) is 4.49. The molecular formula is C15H17F4N. The van der Waals surface area contributed by atoms with Crippen molar-refractivity contribution in [3.05, 3.63) is 35.1 Å². The van der Waals surface area contributed by atoms with Gasteiger partial charge in [0.25, 0.3) is 0 Å². The molecule has 0 radical (unpaired) electrons. The molecule has 0 aromatic heterocycles. The first-order valence-corrected chi connectivity index (χ1v) is 6.43. The second-order valence-electron chi connectivity index (χ2n) is 4.49. The minimum atomic E-state index is -4.69. The van der Waals surface area contributed by atoms with Gasteiger partial charge in [-0.2, -0.15) is 13.2 Å². The Labute approximate surface area is 116 Å². The molecule has 1 N–H and O–H groups in total. The Hall–Kier alpha value is -1.54. The van der Waals surface area contributed by atoms with Crippen molar-refractivity contribution >= 4 is 0 Å². The van der Waals surface area contributed by atoms with Crippen molar-refractivity contribution in [2.45, 2.75) is 38.4 Å². The van der Waals surface area contributed by atoms with Crippen LogP contribution in [-0.4, -0.2) is 6.54 Å². The summed E-state index contributed by atoms with van der Waals surface area (Å²) in [5.74, 6) is 1.21. The Morgan fingerprint density at radius 3 is 2.60 bits per heavy atom. The molecule has 0 heterocycles. The third kappa shape index (κ3) is 4.53. The molecule has 1 rings (SSSR count). The topological polar surface area (TPSA) is 12.0 Å². The first-order chi connectivity index (χ1) is 9.40. The normalized spacial score (nSPS) is 13.0. The van der Waals surface area contributed by atoms with Crippen LogP contribution in [0.5, 0.6) is 0 Å². The first-order valence-electron chi connectivity index (χ1n) is 6.43. The molecule has 5 heteroatoms. The molecule has 1 aromatic rings. The lowest BCUT2D eigenvalue weighted by Gasteiger charge is -2.19. The molecule has 0 aliphatic carbocycles. The zero-order chi connectivity index (χ0) is 15.2. The van der Waals surface area contributed by atoms with Crippen LogP contribution >= 0.6 is 0 Å². The maximum Gasteiger partial charge on any atom is 0.419 e. The average molecular weight is 287 g/mol. The number of alkyl halides is 3. The van der Waals surface area contributed by atoms with Crippen LogP contribution in [-0.2, 0) is 6.18 Å². The van der Waals surface area contributed by atoms with E-state index in [2.05, 4.69) is 11.2 Å². The van der Waals surface area contributed by atoms with E-state index in [1.165, 1.54) is 6.07 Å². The molecule has 0 bridgehead atoms. The van der Waals surface area contributed by atoms with Gasteiger partial charge in [-0.15, -0.1) is 12.3 Å². The predicted octanol–water partition coefficient (Wildman–Crippen LogP) is 4.30. The molecule has 0 saturated heterocycles.